The van der Waals surface area contributed by atoms with E-state index in [-0.39, 0.29) is 11.5 Å². The van der Waals surface area contributed by atoms with E-state index in [4.69, 9.17) is 10.5 Å². The average Bonchev–Trinajstić information content (AvgIpc) is 2.99. The van der Waals surface area contributed by atoms with Crippen molar-refractivity contribution < 1.29 is 4.74 Å². The van der Waals surface area contributed by atoms with E-state index in [1.165, 1.54) is 17.3 Å². The molecule has 1 unspecified atom stereocenters. The van der Waals surface area contributed by atoms with E-state index in [0.717, 1.165) is 13.0 Å². The first-order valence-corrected chi connectivity index (χ1v) is 5.87. The van der Waals surface area contributed by atoms with Gasteiger partial charge in [0.2, 0.25) is 11.9 Å². The van der Waals surface area contributed by atoms with E-state index in [9.17, 15) is 0 Å². The van der Waals surface area contributed by atoms with Crippen LogP contribution in [0.1, 0.15) is 13.3 Å². The summed E-state index contributed by atoms with van der Waals surface area (Å²) in [5.41, 5.74) is 5.50. The molecule has 100 valence electrons. The molecule has 3 rings (SSSR count). The van der Waals surface area contributed by atoms with Crippen LogP contribution in [0.25, 0.3) is 5.95 Å². The van der Waals surface area contributed by atoms with Crippen LogP contribution in [0, 0.1) is 0 Å². The van der Waals surface area contributed by atoms with Crippen molar-refractivity contribution in [2.24, 2.45) is 0 Å². The van der Waals surface area contributed by atoms with E-state index in [1.807, 2.05) is 0 Å². The Bertz CT molecular complexity index is 563. The number of hydrogen-bond donors (Lipinski definition) is 2. The average molecular weight is 262 g/mol. The van der Waals surface area contributed by atoms with Crippen molar-refractivity contribution in [3.05, 3.63) is 12.7 Å². The summed E-state index contributed by atoms with van der Waals surface area (Å²) in [6.45, 7) is 3.38. The largest absolute Gasteiger partial charge is 0.379 e. The molecule has 3 heterocycles. The number of anilines is 2. The molecule has 0 amide bonds. The third-order valence-corrected chi connectivity index (χ3v) is 2.90. The number of nitrogens with zero attached hydrogens (tertiary/aromatic N) is 6. The topological polar surface area (TPSA) is 117 Å². The van der Waals surface area contributed by atoms with Gasteiger partial charge in [-0.1, -0.05) is 0 Å². The highest BCUT2D eigenvalue weighted by Crippen LogP contribution is 2.22. The summed E-state index contributed by atoms with van der Waals surface area (Å²) in [5, 5.41) is 7.19. The van der Waals surface area contributed by atoms with Crippen molar-refractivity contribution in [3.8, 4) is 5.95 Å². The predicted octanol–water partition coefficient (Wildman–Crippen LogP) is -0.375. The Kier molecular flexibility index (Phi) is 2.75. The molecule has 1 fully saturated rings. The van der Waals surface area contributed by atoms with Gasteiger partial charge in [0.15, 0.2) is 0 Å². The van der Waals surface area contributed by atoms with Crippen LogP contribution in [0.2, 0.25) is 0 Å². The van der Waals surface area contributed by atoms with Crippen LogP contribution >= 0.6 is 0 Å². The van der Waals surface area contributed by atoms with Gasteiger partial charge in [0, 0.05) is 6.61 Å². The lowest BCUT2D eigenvalue weighted by molar-refractivity contribution is 0.185. The summed E-state index contributed by atoms with van der Waals surface area (Å²) in [7, 11) is 0. The minimum Gasteiger partial charge on any atom is -0.379 e. The van der Waals surface area contributed by atoms with Gasteiger partial charge < -0.3 is 15.8 Å². The van der Waals surface area contributed by atoms with Crippen LogP contribution in [0.3, 0.4) is 0 Å². The van der Waals surface area contributed by atoms with E-state index < -0.39 is 0 Å². The van der Waals surface area contributed by atoms with Crippen LogP contribution in [0.15, 0.2) is 12.7 Å². The van der Waals surface area contributed by atoms with Gasteiger partial charge in [-0.15, -0.1) is 0 Å². The fraction of sp³-hybridized carbons (Fsp3) is 0.500. The Hall–Kier alpha value is -2.29. The minimum atomic E-state index is -0.187. The number of aromatic nitrogens is 6. The zero-order valence-corrected chi connectivity index (χ0v) is 10.4. The molecule has 0 bridgehead atoms. The Morgan fingerprint density at radius 3 is 3.00 bits per heavy atom. The summed E-state index contributed by atoms with van der Waals surface area (Å²) in [6.07, 6.45) is 3.79. The lowest BCUT2D eigenvalue weighted by Gasteiger charge is -2.23. The molecule has 0 spiro atoms. The molecule has 0 aromatic carbocycles. The Morgan fingerprint density at radius 2 is 2.32 bits per heavy atom. The number of nitrogen functional groups attached to an aromatic ring is 1. The second kappa shape index (κ2) is 4.43. The number of rotatable bonds is 3. The van der Waals surface area contributed by atoms with Gasteiger partial charge in [0.1, 0.15) is 12.7 Å². The van der Waals surface area contributed by atoms with Gasteiger partial charge in [0.25, 0.3) is 5.95 Å². The van der Waals surface area contributed by atoms with Crippen LogP contribution < -0.4 is 11.1 Å². The molecule has 2 aromatic rings. The van der Waals surface area contributed by atoms with Gasteiger partial charge in [-0.2, -0.15) is 24.7 Å². The number of nitrogens with one attached hydrogen (secondary N) is 1. The van der Waals surface area contributed by atoms with Crippen molar-refractivity contribution in [1.82, 2.24) is 29.7 Å². The molecule has 9 heteroatoms. The van der Waals surface area contributed by atoms with E-state index >= 15 is 0 Å². The van der Waals surface area contributed by atoms with Crippen molar-refractivity contribution in [1.29, 1.82) is 0 Å². The summed E-state index contributed by atoms with van der Waals surface area (Å²) in [4.78, 5) is 16.2. The quantitative estimate of drug-likeness (QED) is 0.769. The standard InChI is InChI=1S/C10H14N8O/c1-10(2-3-19-4-10)17-8-14-7(11)15-9(16-8)18-6-12-5-13-18/h5-6H,2-4H2,1H3,(H3,11,14,15,16,17). The Labute approximate surface area is 109 Å². The molecule has 0 saturated carbocycles. The second-order valence-corrected chi connectivity index (χ2v) is 4.65. The van der Waals surface area contributed by atoms with Gasteiger partial charge in [0.05, 0.1) is 12.1 Å². The molecular formula is C10H14N8O. The fourth-order valence-corrected chi connectivity index (χ4v) is 1.89. The maximum Gasteiger partial charge on any atom is 0.258 e. The molecule has 0 radical (unpaired) electrons. The monoisotopic (exact) mass is 262 g/mol. The van der Waals surface area contributed by atoms with Gasteiger partial charge in [-0.05, 0) is 13.3 Å². The number of ether oxygens (including phenoxy) is 1. The summed E-state index contributed by atoms with van der Waals surface area (Å²) < 4.78 is 6.80. The number of nitrogens with two attached hydrogens (primary N) is 1. The van der Waals surface area contributed by atoms with Crippen LogP contribution in [0.5, 0.6) is 0 Å². The van der Waals surface area contributed by atoms with Crippen LogP contribution in [0.4, 0.5) is 11.9 Å². The third kappa shape index (κ3) is 2.45. The summed E-state index contributed by atoms with van der Waals surface area (Å²) >= 11 is 0. The molecular weight excluding hydrogens is 248 g/mol. The summed E-state index contributed by atoms with van der Waals surface area (Å²) in [5.74, 6) is 0.867. The van der Waals surface area contributed by atoms with Crippen molar-refractivity contribution >= 4 is 11.9 Å². The third-order valence-electron chi connectivity index (χ3n) is 2.90. The first-order valence-electron chi connectivity index (χ1n) is 5.87. The maximum absolute atomic E-state index is 5.69. The van der Waals surface area contributed by atoms with E-state index in [0.29, 0.717) is 18.5 Å². The summed E-state index contributed by atoms with van der Waals surface area (Å²) in [6, 6.07) is 0. The molecule has 3 N–H and O–H groups in total. The highest BCUT2D eigenvalue weighted by Gasteiger charge is 2.30. The molecule has 1 aliphatic heterocycles. The zero-order chi connectivity index (χ0) is 13.3. The highest BCUT2D eigenvalue weighted by atomic mass is 16.5. The maximum atomic E-state index is 5.69. The molecule has 1 aliphatic rings. The smallest absolute Gasteiger partial charge is 0.258 e. The lowest BCUT2D eigenvalue weighted by Crippen LogP contribution is -2.36. The molecule has 1 saturated heterocycles. The van der Waals surface area contributed by atoms with Crippen LogP contribution in [-0.4, -0.2) is 48.5 Å². The van der Waals surface area contributed by atoms with Crippen molar-refractivity contribution in [3.63, 3.8) is 0 Å². The van der Waals surface area contributed by atoms with E-state index in [1.54, 1.807) is 0 Å². The van der Waals surface area contributed by atoms with Crippen molar-refractivity contribution in [2.45, 2.75) is 18.9 Å². The lowest BCUT2D eigenvalue weighted by atomic mass is 10.0. The minimum absolute atomic E-state index is 0.130. The first-order chi connectivity index (χ1) is 9.15. The van der Waals surface area contributed by atoms with Crippen LogP contribution in [-0.2, 0) is 4.74 Å². The Balaban J connectivity index is 1.90. The molecule has 19 heavy (non-hydrogen) atoms. The molecule has 9 nitrogen and oxygen atoms in total. The van der Waals surface area contributed by atoms with Gasteiger partial charge in [-0.3, -0.25) is 0 Å². The molecule has 0 aliphatic carbocycles. The van der Waals surface area contributed by atoms with Gasteiger partial charge >= 0.3 is 0 Å². The number of hydrogen-bond acceptors (Lipinski definition) is 8. The zero-order valence-electron chi connectivity index (χ0n) is 10.4. The first kappa shape index (κ1) is 11.8. The van der Waals surface area contributed by atoms with Crippen molar-refractivity contribution in [2.75, 3.05) is 24.3 Å². The molecule has 2 aromatic heterocycles. The Morgan fingerprint density at radius 1 is 1.42 bits per heavy atom. The SMILES string of the molecule is CC1(Nc2nc(N)nc(-n3cncn3)n2)CCOC1. The van der Waals surface area contributed by atoms with E-state index in [2.05, 4.69) is 37.3 Å². The highest BCUT2D eigenvalue weighted by molar-refractivity contribution is 5.37. The molecule has 1 atom stereocenters. The predicted molar refractivity (Wildman–Crippen MR) is 66.6 cm³/mol. The van der Waals surface area contributed by atoms with Gasteiger partial charge in [-0.25, -0.2) is 4.98 Å². The normalized spacial score (nSPS) is 22.6. The second-order valence-electron chi connectivity index (χ2n) is 4.65. The fourth-order valence-electron chi connectivity index (χ4n) is 1.89.